The van der Waals surface area contributed by atoms with Gasteiger partial charge < -0.3 is 25.7 Å². The lowest BCUT2D eigenvalue weighted by molar-refractivity contribution is -0.147. The van der Waals surface area contributed by atoms with Crippen LogP contribution in [0.4, 0.5) is 0 Å². The molecule has 2 saturated heterocycles. The molecule has 2 aliphatic rings. The zero-order valence-corrected chi connectivity index (χ0v) is 27.3. The van der Waals surface area contributed by atoms with Crippen LogP contribution in [0.1, 0.15) is 84.1 Å². The number of hydrogen-bond acceptors (Lipinski definition) is 7. The van der Waals surface area contributed by atoms with Gasteiger partial charge in [0.05, 0.1) is 5.52 Å². The molecule has 3 N–H and O–H groups in total. The summed E-state index contributed by atoms with van der Waals surface area (Å²) in [5, 5.41) is 9.55. The van der Waals surface area contributed by atoms with Gasteiger partial charge in [-0.1, -0.05) is 51.8 Å². The van der Waals surface area contributed by atoms with Crippen LogP contribution in [0.15, 0.2) is 30.5 Å². The van der Waals surface area contributed by atoms with E-state index in [9.17, 15) is 28.8 Å². The van der Waals surface area contributed by atoms with Crippen LogP contribution < -0.4 is 20.8 Å². The quantitative estimate of drug-likeness (QED) is 0.238. The van der Waals surface area contributed by atoms with Crippen molar-refractivity contribution in [3.8, 4) is 0 Å². The van der Waals surface area contributed by atoms with Gasteiger partial charge in [-0.05, 0) is 49.7 Å². The van der Waals surface area contributed by atoms with Crippen LogP contribution in [0.2, 0.25) is 0 Å². The predicted octanol–water partition coefficient (Wildman–Crippen LogP) is 2.25. The van der Waals surface area contributed by atoms with Gasteiger partial charge in [0.15, 0.2) is 11.6 Å². The summed E-state index contributed by atoms with van der Waals surface area (Å²) >= 11 is 0. The Kier molecular flexibility index (Phi) is 11.9. The number of carbonyl (C=O) groups is 6. The molecule has 2 fully saturated rings. The molecule has 5 atom stereocenters. The molecule has 0 spiro atoms. The Bertz CT molecular complexity index is 1450. The van der Waals surface area contributed by atoms with Gasteiger partial charge >= 0.3 is 0 Å². The number of nitrogens with one attached hydrogen (secondary N) is 3. The summed E-state index contributed by atoms with van der Waals surface area (Å²) in [7, 11) is 1.54. The number of para-hydroxylation sites is 1. The molecule has 4 amide bonds. The van der Waals surface area contributed by atoms with E-state index in [4.69, 9.17) is 4.84 Å². The Morgan fingerprint density at radius 3 is 2.37 bits per heavy atom. The second-order valence-corrected chi connectivity index (χ2v) is 12.4. The minimum absolute atomic E-state index is 0.0610. The largest absolute Gasteiger partial charge is 0.417 e. The monoisotopic (exact) mass is 637 g/mol. The van der Waals surface area contributed by atoms with Gasteiger partial charge in [0.1, 0.15) is 31.3 Å². The lowest BCUT2D eigenvalue weighted by Gasteiger charge is -2.39. The Morgan fingerprint density at radius 1 is 0.935 bits per heavy atom. The zero-order valence-electron chi connectivity index (χ0n) is 27.3. The normalized spacial score (nSPS) is 23.3. The van der Waals surface area contributed by atoms with Crippen molar-refractivity contribution in [2.75, 3.05) is 13.7 Å². The van der Waals surface area contributed by atoms with Crippen molar-refractivity contribution >= 4 is 46.1 Å². The van der Waals surface area contributed by atoms with E-state index in [2.05, 4.69) is 16.0 Å². The topological polar surface area (TPSA) is 156 Å². The van der Waals surface area contributed by atoms with Crippen LogP contribution in [0.25, 0.3) is 10.9 Å². The van der Waals surface area contributed by atoms with Gasteiger partial charge in [-0.2, -0.15) is 4.73 Å². The van der Waals surface area contributed by atoms with Crippen LogP contribution in [-0.2, 0) is 35.2 Å². The standard InChI is InChI=1S/C34H47N5O7/c1-5-21(3)30-34(45)38-18-12-11-16-27(38)33(44)35-24(14-8-10-17-29(41)28(40)6-2)31(42)36-25(32(43)37-30)19-22-20-39(46-4)26-15-9-7-13-23(22)26/h7,9,13,15,20-21,24-25,27,30H,5-6,8,10-12,14,16-19H2,1-4H3,(H,35,44)(H,36,42)(H,37,43)/t21-,24-,25-,27+,30-/m0/s1. The summed E-state index contributed by atoms with van der Waals surface area (Å²) in [6.07, 6.45) is 5.59. The fourth-order valence-electron chi connectivity index (χ4n) is 6.32. The molecule has 12 heteroatoms. The van der Waals surface area contributed by atoms with Crippen LogP contribution in [0.3, 0.4) is 0 Å². The fourth-order valence-corrected chi connectivity index (χ4v) is 6.32. The molecule has 0 saturated carbocycles. The van der Waals surface area contributed by atoms with Crippen molar-refractivity contribution in [2.45, 2.75) is 109 Å². The third-order valence-corrected chi connectivity index (χ3v) is 9.29. The Labute approximate surface area is 269 Å². The van der Waals surface area contributed by atoms with Crippen molar-refractivity contribution in [3.63, 3.8) is 0 Å². The number of hydrogen-bond donors (Lipinski definition) is 3. The molecular formula is C34H47N5O7. The summed E-state index contributed by atoms with van der Waals surface area (Å²) < 4.78 is 1.59. The Morgan fingerprint density at radius 2 is 1.65 bits per heavy atom. The number of piperidine rings is 1. The molecular weight excluding hydrogens is 590 g/mol. The molecule has 12 nitrogen and oxygen atoms in total. The van der Waals surface area contributed by atoms with Crippen molar-refractivity contribution in [2.24, 2.45) is 5.92 Å². The van der Waals surface area contributed by atoms with Gasteiger partial charge in [-0.25, -0.2) is 0 Å². The van der Waals surface area contributed by atoms with Gasteiger partial charge in [0.25, 0.3) is 0 Å². The summed E-state index contributed by atoms with van der Waals surface area (Å²) in [4.78, 5) is 86.5. The molecule has 0 bridgehead atoms. The molecule has 4 rings (SSSR count). The predicted molar refractivity (Wildman–Crippen MR) is 172 cm³/mol. The third-order valence-electron chi connectivity index (χ3n) is 9.29. The maximum absolute atomic E-state index is 14.0. The average molecular weight is 638 g/mol. The van der Waals surface area contributed by atoms with Crippen LogP contribution in [-0.4, -0.2) is 82.6 Å². The van der Waals surface area contributed by atoms with E-state index in [1.54, 1.807) is 22.8 Å². The number of fused-ring (bicyclic) bond motifs is 2. The number of nitrogens with zero attached hydrogens (tertiary/aromatic N) is 2. The first-order valence-electron chi connectivity index (χ1n) is 16.5. The first-order valence-corrected chi connectivity index (χ1v) is 16.5. The van der Waals surface area contributed by atoms with Crippen LogP contribution >= 0.6 is 0 Å². The highest BCUT2D eigenvalue weighted by molar-refractivity contribution is 6.37. The Balaban J connectivity index is 1.67. The molecule has 0 aliphatic carbocycles. The molecule has 1 aromatic heterocycles. The molecule has 3 heterocycles. The average Bonchev–Trinajstić information content (AvgIpc) is 3.43. The van der Waals surface area contributed by atoms with E-state index >= 15 is 0 Å². The smallest absolute Gasteiger partial charge is 0.246 e. The van der Waals surface area contributed by atoms with Crippen LogP contribution in [0.5, 0.6) is 0 Å². The summed E-state index contributed by atoms with van der Waals surface area (Å²) in [6.45, 7) is 5.84. The fraction of sp³-hybridized carbons (Fsp3) is 0.588. The number of ketones is 2. The van der Waals surface area contributed by atoms with Gasteiger partial charge in [-0.15, -0.1) is 0 Å². The number of carbonyl (C=O) groups excluding carboxylic acids is 6. The number of Topliss-reactive ketones (excluding diaryl/α,β-unsaturated/α-hetero) is 2. The highest BCUT2D eigenvalue weighted by Gasteiger charge is 2.41. The van der Waals surface area contributed by atoms with Crippen molar-refractivity contribution in [1.82, 2.24) is 25.6 Å². The highest BCUT2D eigenvalue weighted by Crippen LogP contribution is 2.24. The van der Waals surface area contributed by atoms with Gasteiger partial charge in [-0.3, -0.25) is 28.8 Å². The lowest BCUT2D eigenvalue weighted by atomic mass is 9.93. The second-order valence-electron chi connectivity index (χ2n) is 12.4. The van der Waals surface area contributed by atoms with E-state index in [0.29, 0.717) is 32.2 Å². The maximum atomic E-state index is 14.0. The minimum atomic E-state index is -1.07. The van der Waals surface area contributed by atoms with Crippen molar-refractivity contribution in [1.29, 1.82) is 0 Å². The van der Waals surface area contributed by atoms with Gasteiger partial charge in [0.2, 0.25) is 23.6 Å². The molecule has 46 heavy (non-hydrogen) atoms. The lowest BCUT2D eigenvalue weighted by Crippen LogP contribution is -2.64. The van der Waals surface area contributed by atoms with E-state index in [1.807, 2.05) is 38.1 Å². The molecule has 1 aromatic carbocycles. The molecule has 0 unspecified atom stereocenters. The number of amides is 4. The summed E-state index contributed by atoms with van der Waals surface area (Å²) in [5.74, 6) is -2.85. The first-order chi connectivity index (χ1) is 22.1. The SMILES string of the molecule is CCC(=O)C(=O)CCCC[C@@H]1NC(=O)[C@H]2CCCCN2C(=O)[C@H]([C@@H](C)CC)NC(=O)[C@H](Cc2cn(OC)c3ccccc23)NC1=O. The van der Waals surface area contributed by atoms with Crippen LogP contribution in [0, 0.1) is 5.92 Å². The van der Waals surface area contributed by atoms with E-state index in [0.717, 1.165) is 29.3 Å². The van der Waals surface area contributed by atoms with E-state index in [-0.39, 0.29) is 37.5 Å². The number of unbranched alkanes of at least 4 members (excludes halogenated alkanes) is 1. The molecule has 250 valence electrons. The van der Waals surface area contributed by atoms with Crippen molar-refractivity contribution < 1.29 is 33.6 Å². The zero-order chi connectivity index (χ0) is 33.4. The number of aromatic nitrogens is 1. The summed E-state index contributed by atoms with van der Waals surface area (Å²) in [6, 6.07) is 3.84. The molecule has 2 aromatic rings. The Hall–Kier alpha value is -4.22. The molecule has 0 radical (unpaired) electrons. The highest BCUT2D eigenvalue weighted by atomic mass is 16.6. The summed E-state index contributed by atoms with van der Waals surface area (Å²) in [5.41, 5.74) is 1.55. The van der Waals surface area contributed by atoms with E-state index in [1.165, 1.54) is 7.11 Å². The van der Waals surface area contributed by atoms with Crippen molar-refractivity contribution in [3.05, 3.63) is 36.0 Å². The molecule has 2 aliphatic heterocycles. The number of rotatable bonds is 12. The second kappa shape index (κ2) is 15.9. The minimum Gasteiger partial charge on any atom is -0.417 e. The number of benzene rings is 1. The first kappa shape index (κ1) is 34.6. The third kappa shape index (κ3) is 7.94. The van der Waals surface area contributed by atoms with Gasteiger partial charge in [0, 0.05) is 37.4 Å². The maximum Gasteiger partial charge on any atom is 0.246 e. The van der Waals surface area contributed by atoms with E-state index < -0.39 is 53.5 Å².